The van der Waals surface area contributed by atoms with Crippen LogP contribution in [-0.2, 0) is 9.59 Å². The summed E-state index contributed by atoms with van der Waals surface area (Å²) in [6, 6.07) is 0. The molecule has 0 aromatic heterocycles. The summed E-state index contributed by atoms with van der Waals surface area (Å²) in [5.74, 6) is 0.719. The lowest BCUT2D eigenvalue weighted by molar-refractivity contribution is -0.119. The van der Waals surface area contributed by atoms with Crippen molar-refractivity contribution in [3.05, 3.63) is 0 Å². The number of carbonyl (C=O) groups excluding carboxylic acids is 2. The monoisotopic (exact) mass is 274 g/mol. The number of nitrogens with zero attached hydrogens (tertiary/aromatic N) is 1. The van der Waals surface area contributed by atoms with Gasteiger partial charge >= 0.3 is 0 Å². The van der Waals surface area contributed by atoms with E-state index >= 15 is 0 Å². The molecule has 0 atom stereocenters. The molecule has 1 heterocycles. The highest BCUT2D eigenvalue weighted by Gasteiger charge is 2.09. The van der Waals surface area contributed by atoms with Gasteiger partial charge < -0.3 is 16.4 Å². The molecule has 0 aliphatic carbocycles. The molecular weight excluding hydrogens is 252 g/mol. The van der Waals surface area contributed by atoms with Crippen molar-refractivity contribution in [2.45, 2.75) is 6.42 Å². The third-order valence-electron chi connectivity index (χ3n) is 2.69. The largest absolute Gasteiger partial charge is 0.370 e. The summed E-state index contributed by atoms with van der Waals surface area (Å²) in [5, 5.41) is 6.17. The van der Waals surface area contributed by atoms with Gasteiger partial charge in [0.2, 0.25) is 11.8 Å². The minimum atomic E-state index is -0.318. The van der Waals surface area contributed by atoms with Gasteiger partial charge in [0.25, 0.3) is 0 Å². The van der Waals surface area contributed by atoms with Crippen molar-refractivity contribution in [1.29, 1.82) is 0 Å². The molecule has 0 aromatic carbocycles. The van der Waals surface area contributed by atoms with Gasteiger partial charge in [0, 0.05) is 51.4 Å². The van der Waals surface area contributed by atoms with Crippen molar-refractivity contribution in [2.75, 3.05) is 50.8 Å². The van der Waals surface area contributed by atoms with Crippen molar-refractivity contribution in [3.8, 4) is 0 Å². The first kappa shape index (κ1) is 15.3. The van der Waals surface area contributed by atoms with Crippen LogP contribution in [0.2, 0.25) is 0 Å². The number of hydrogen-bond donors (Lipinski definition) is 3. The number of nitrogens with two attached hydrogens (primary N) is 1. The minimum Gasteiger partial charge on any atom is -0.370 e. The van der Waals surface area contributed by atoms with E-state index in [2.05, 4.69) is 15.5 Å². The van der Waals surface area contributed by atoms with Crippen LogP contribution < -0.4 is 16.4 Å². The minimum absolute atomic E-state index is 0.0274. The van der Waals surface area contributed by atoms with Crippen LogP contribution in [-0.4, -0.2) is 67.5 Å². The number of rotatable bonds is 8. The van der Waals surface area contributed by atoms with E-state index in [4.69, 9.17) is 5.73 Å². The smallest absolute Gasteiger partial charge is 0.230 e. The van der Waals surface area contributed by atoms with Crippen molar-refractivity contribution in [3.63, 3.8) is 0 Å². The van der Waals surface area contributed by atoms with Gasteiger partial charge in [-0.15, -0.1) is 0 Å². The molecule has 1 saturated heterocycles. The van der Waals surface area contributed by atoms with Crippen LogP contribution in [0.3, 0.4) is 0 Å². The third-order valence-corrected chi connectivity index (χ3v) is 3.64. The van der Waals surface area contributed by atoms with Gasteiger partial charge in [-0.2, -0.15) is 11.8 Å². The number of primary amides is 1. The van der Waals surface area contributed by atoms with E-state index in [0.29, 0.717) is 24.5 Å². The average Bonchev–Trinajstić information content (AvgIpc) is 2.36. The molecule has 18 heavy (non-hydrogen) atoms. The lowest BCUT2D eigenvalue weighted by atomic mass is 10.3. The Morgan fingerprint density at radius 1 is 1.33 bits per heavy atom. The molecule has 1 aliphatic rings. The van der Waals surface area contributed by atoms with Crippen LogP contribution in [0.1, 0.15) is 6.42 Å². The lowest BCUT2D eigenvalue weighted by Crippen LogP contribution is -2.46. The fourth-order valence-electron chi connectivity index (χ4n) is 1.68. The normalized spacial score (nSPS) is 16.4. The molecule has 7 heteroatoms. The Labute approximate surface area is 112 Å². The van der Waals surface area contributed by atoms with Crippen molar-refractivity contribution in [2.24, 2.45) is 5.73 Å². The quantitative estimate of drug-likeness (QED) is 0.475. The number of hydrogen-bond acceptors (Lipinski definition) is 5. The SMILES string of the molecule is NC(=O)CCSCC(=O)NCCN1CCNCC1. The van der Waals surface area contributed by atoms with E-state index in [9.17, 15) is 9.59 Å². The summed E-state index contributed by atoms with van der Waals surface area (Å²) in [5.41, 5.74) is 5.01. The molecule has 2 amide bonds. The maximum absolute atomic E-state index is 11.5. The molecule has 6 nitrogen and oxygen atoms in total. The third kappa shape index (κ3) is 7.52. The number of nitrogens with one attached hydrogen (secondary N) is 2. The van der Waals surface area contributed by atoms with Gasteiger partial charge in [0.1, 0.15) is 0 Å². The summed E-state index contributed by atoms with van der Waals surface area (Å²) in [6.07, 6.45) is 0.332. The zero-order chi connectivity index (χ0) is 13.2. The van der Waals surface area contributed by atoms with Crippen LogP contribution in [0.15, 0.2) is 0 Å². The number of piperazine rings is 1. The van der Waals surface area contributed by atoms with Crippen LogP contribution >= 0.6 is 11.8 Å². The molecule has 1 fully saturated rings. The summed E-state index contributed by atoms with van der Waals surface area (Å²) in [7, 11) is 0. The second-order valence-electron chi connectivity index (χ2n) is 4.21. The second kappa shape index (κ2) is 9.18. The number of amides is 2. The molecule has 0 unspecified atom stereocenters. The Morgan fingerprint density at radius 2 is 2.06 bits per heavy atom. The maximum Gasteiger partial charge on any atom is 0.230 e. The summed E-state index contributed by atoms with van der Waals surface area (Å²) in [6.45, 7) is 5.73. The van der Waals surface area contributed by atoms with E-state index in [1.165, 1.54) is 11.8 Å². The van der Waals surface area contributed by atoms with Gasteiger partial charge in [-0.05, 0) is 0 Å². The Hall–Kier alpha value is -0.790. The standard InChI is InChI=1S/C11H22N4O2S/c12-10(16)1-8-18-9-11(17)14-4-7-15-5-2-13-3-6-15/h13H,1-9H2,(H2,12,16)(H,14,17). The highest BCUT2D eigenvalue weighted by molar-refractivity contribution is 7.99. The molecule has 1 aliphatic heterocycles. The first-order chi connectivity index (χ1) is 8.68. The fourth-order valence-corrected chi connectivity index (χ4v) is 2.45. The molecule has 0 radical (unpaired) electrons. The molecular formula is C11H22N4O2S. The molecule has 0 saturated carbocycles. The van der Waals surface area contributed by atoms with E-state index < -0.39 is 0 Å². The highest BCUT2D eigenvalue weighted by Crippen LogP contribution is 2.01. The van der Waals surface area contributed by atoms with E-state index in [-0.39, 0.29) is 11.8 Å². The number of thioether (sulfide) groups is 1. The van der Waals surface area contributed by atoms with Crippen LogP contribution in [0.5, 0.6) is 0 Å². The van der Waals surface area contributed by atoms with Crippen molar-refractivity contribution >= 4 is 23.6 Å². The van der Waals surface area contributed by atoms with Crippen molar-refractivity contribution in [1.82, 2.24) is 15.5 Å². The van der Waals surface area contributed by atoms with Crippen molar-refractivity contribution < 1.29 is 9.59 Å². The van der Waals surface area contributed by atoms with Crippen LogP contribution in [0, 0.1) is 0 Å². The summed E-state index contributed by atoms with van der Waals surface area (Å²) < 4.78 is 0. The van der Waals surface area contributed by atoms with Gasteiger partial charge in [-0.1, -0.05) is 0 Å². The van der Waals surface area contributed by atoms with Gasteiger partial charge in [0.15, 0.2) is 0 Å². The van der Waals surface area contributed by atoms with E-state index in [0.717, 1.165) is 32.7 Å². The Kier molecular flexibility index (Phi) is 7.79. The maximum atomic E-state index is 11.5. The Morgan fingerprint density at radius 3 is 2.72 bits per heavy atom. The Bertz CT molecular complexity index is 270. The first-order valence-electron chi connectivity index (χ1n) is 6.24. The molecule has 1 rings (SSSR count). The van der Waals surface area contributed by atoms with Crippen LogP contribution in [0.4, 0.5) is 0 Å². The van der Waals surface area contributed by atoms with Gasteiger partial charge in [0.05, 0.1) is 5.75 Å². The Balaban J connectivity index is 1.94. The van der Waals surface area contributed by atoms with E-state index in [1.54, 1.807) is 0 Å². The van der Waals surface area contributed by atoms with Crippen LogP contribution in [0.25, 0.3) is 0 Å². The molecule has 4 N–H and O–H groups in total. The molecule has 0 aromatic rings. The molecule has 0 bridgehead atoms. The fraction of sp³-hybridized carbons (Fsp3) is 0.818. The lowest BCUT2D eigenvalue weighted by Gasteiger charge is -2.27. The molecule has 0 spiro atoms. The summed E-state index contributed by atoms with van der Waals surface area (Å²) in [4.78, 5) is 24.3. The average molecular weight is 274 g/mol. The van der Waals surface area contributed by atoms with E-state index in [1.807, 2.05) is 0 Å². The predicted octanol–water partition coefficient (Wildman–Crippen LogP) is -1.38. The second-order valence-corrected chi connectivity index (χ2v) is 5.32. The summed E-state index contributed by atoms with van der Waals surface area (Å²) >= 11 is 1.44. The first-order valence-corrected chi connectivity index (χ1v) is 7.40. The highest BCUT2D eigenvalue weighted by atomic mass is 32.2. The predicted molar refractivity (Wildman–Crippen MR) is 73.5 cm³/mol. The topological polar surface area (TPSA) is 87.5 Å². The number of carbonyl (C=O) groups is 2. The van der Waals surface area contributed by atoms with Gasteiger partial charge in [-0.3, -0.25) is 14.5 Å². The molecule has 104 valence electrons. The zero-order valence-corrected chi connectivity index (χ0v) is 11.4. The van der Waals surface area contributed by atoms with Gasteiger partial charge in [-0.25, -0.2) is 0 Å². The zero-order valence-electron chi connectivity index (χ0n) is 10.6.